The zero-order valence-electron chi connectivity index (χ0n) is 9.78. The van der Waals surface area contributed by atoms with Gasteiger partial charge in [-0.15, -0.1) is 0 Å². The number of nitrogens with one attached hydrogen (secondary N) is 1. The second kappa shape index (κ2) is 5.07. The van der Waals surface area contributed by atoms with E-state index in [0.29, 0.717) is 18.1 Å². The van der Waals surface area contributed by atoms with Crippen LogP contribution in [0.15, 0.2) is 4.52 Å². The zero-order chi connectivity index (χ0) is 12.2. The summed E-state index contributed by atoms with van der Waals surface area (Å²) in [5.41, 5.74) is -0.947. The normalized spacial score (nSPS) is 14.7. The van der Waals surface area contributed by atoms with Crippen LogP contribution < -0.4 is 5.32 Å². The first-order valence-electron chi connectivity index (χ1n) is 5.25. The van der Waals surface area contributed by atoms with Crippen molar-refractivity contribution in [2.45, 2.75) is 45.7 Å². The molecule has 0 aliphatic carbocycles. The molecule has 0 bridgehead atoms. The molecule has 0 saturated carbocycles. The SMILES string of the molecule is CCCC(C)(NCc1nc(C)no1)C(=O)O. The third-order valence-corrected chi connectivity index (χ3v) is 2.42. The summed E-state index contributed by atoms with van der Waals surface area (Å²) in [4.78, 5) is 15.1. The van der Waals surface area contributed by atoms with E-state index in [1.165, 1.54) is 0 Å². The molecule has 1 aromatic heterocycles. The molecule has 0 aliphatic rings. The number of hydrogen-bond acceptors (Lipinski definition) is 5. The smallest absolute Gasteiger partial charge is 0.323 e. The van der Waals surface area contributed by atoms with Crippen LogP contribution in [0, 0.1) is 6.92 Å². The fraction of sp³-hybridized carbons (Fsp3) is 0.700. The molecular formula is C10H17N3O3. The number of aryl methyl sites for hydroxylation is 1. The maximum absolute atomic E-state index is 11.1. The summed E-state index contributed by atoms with van der Waals surface area (Å²) < 4.78 is 4.90. The van der Waals surface area contributed by atoms with Gasteiger partial charge in [0.1, 0.15) is 5.54 Å². The molecule has 0 aromatic carbocycles. The lowest BCUT2D eigenvalue weighted by Crippen LogP contribution is -2.49. The van der Waals surface area contributed by atoms with Gasteiger partial charge in [0.05, 0.1) is 6.54 Å². The summed E-state index contributed by atoms with van der Waals surface area (Å²) in [5.74, 6) is 0.0796. The molecule has 0 aliphatic heterocycles. The van der Waals surface area contributed by atoms with E-state index >= 15 is 0 Å². The zero-order valence-corrected chi connectivity index (χ0v) is 9.78. The highest BCUT2D eigenvalue weighted by Crippen LogP contribution is 2.13. The number of aliphatic carboxylic acids is 1. The van der Waals surface area contributed by atoms with Gasteiger partial charge >= 0.3 is 5.97 Å². The van der Waals surface area contributed by atoms with Crippen LogP contribution in [0.1, 0.15) is 38.4 Å². The molecule has 1 atom stereocenters. The van der Waals surface area contributed by atoms with Crippen LogP contribution in [0.2, 0.25) is 0 Å². The molecule has 0 saturated heterocycles. The first-order valence-corrected chi connectivity index (χ1v) is 5.25. The number of hydrogen-bond donors (Lipinski definition) is 2. The van der Waals surface area contributed by atoms with Gasteiger partial charge in [0.15, 0.2) is 5.82 Å². The van der Waals surface area contributed by atoms with Crippen molar-refractivity contribution in [3.8, 4) is 0 Å². The Hall–Kier alpha value is -1.43. The second-order valence-corrected chi connectivity index (χ2v) is 3.98. The number of carboxylic acid groups (broad SMARTS) is 1. The molecular weight excluding hydrogens is 210 g/mol. The minimum Gasteiger partial charge on any atom is -0.480 e. The van der Waals surface area contributed by atoms with Crippen LogP contribution in [0.3, 0.4) is 0 Å². The van der Waals surface area contributed by atoms with Gasteiger partial charge in [0, 0.05) is 0 Å². The highest BCUT2D eigenvalue weighted by molar-refractivity contribution is 5.78. The predicted octanol–water partition coefficient (Wildman–Crippen LogP) is 1.11. The fourth-order valence-corrected chi connectivity index (χ4v) is 1.45. The van der Waals surface area contributed by atoms with Crippen molar-refractivity contribution in [3.63, 3.8) is 0 Å². The molecule has 0 spiro atoms. The molecule has 6 heteroatoms. The van der Waals surface area contributed by atoms with E-state index in [0.717, 1.165) is 6.42 Å². The Morgan fingerprint density at radius 3 is 2.75 bits per heavy atom. The van der Waals surface area contributed by atoms with Crippen molar-refractivity contribution >= 4 is 5.97 Å². The number of carboxylic acids is 1. The van der Waals surface area contributed by atoms with Gasteiger partial charge in [-0.05, 0) is 20.3 Å². The van der Waals surface area contributed by atoms with Crippen molar-refractivity contribution in [2.75, 3.05) is 0 Å². The van der Waals surface area contributed by atoms with Gasteiger partial charge < -0.3 is 9.63 Å². The number of rotatable bonds is 6. The Morgan fingerprint density at radius 2 is 2.31 bits per heavy atom. The highest BCUT2D eigenvalue weighted by atomic mass is 16.5. The average Bonchev–Trinajstić information content (AvgIpc) is 2.61. The van der Waals surface area contributed by atoms with Gasteiger partial charge in [-0.2, -0.15) is 4.98 Å². The molecule has 1 unspecified atom stereocenters. The number of aromatic nitrogens is 2. The molecule has 1 heterocycles. The Morgan fingerprint density at radius 1 is 1.62 bits per heavy atom. The largest absolute Gasteiger partial charge is 0.480 e. The van der Waals surface area contributed by atoms with Gasteiger partial charge in [-0.25, -0.2) is 0 Å². The lowest BCUT2D eigenvalue weighted by Gasteiger charge is -2.24. The summed E-state index contributed by atoms with van der Waals surface area (Å²) in [6.07, 6.45) is 1.34. The van der Waals surface area contributed by atoms with Crippen LogP contribution >= 0.6 is 0 Å². The van der Waals surface area contributed by atoms with Crippen LogP contribution in [-0.4, -0.2) is 26.8 Å². The molecule has 6 nitrogen and oxygen atoms in total. The molecule has 90 valence electrons. The van der Waals surface area contributed by atoms with Crippen molar-refractivity contribution in [2.24, 2.45) is 0 Å². The number of carbonyl (C=O) groups is 1. The van der Waals surface area contributed by atoms with E-state index in [9.17, 15) is 4.79 Å². The molecule has 0 fully saturated rings. The lowest BCUT2D eigenvalue weighted by molar-refractivity contribution is -0.144. The van der Waals surface area contributed by atoms with E-state index in [1.54, 1.807) is 13.8 Å². The van der Waals surface area contributed by atoms with Gasteiger partial charge in [0.2, 0.25) is 5.89 Å². The first kappa shape index (κ1) is 12.6. The predicted molar refractivity (Wildman–Crippen MR) is 56.8 cm³/mol. The van der Waals surface area contributed by atoms with E-state index in [1.807, 2.05) is 6.92 Å². The third kappa shape index (κ3) is 3.03. The standard InChI is InChI=1S/C10H17N3O3/c1-4-5-10(3,9(14)15)11-6-8-12-7(2)13-16-8/h11H,4-6H2,1-3H3,(H,14,15). The van der Waals surface area contributed by atoms with E-state index in [4.69, 9.17) is 9.63 Å². The summed E-state index contributed by atoms with van der Waals surface area (Å²) in [7, 11) is 0. The Labute approximate surface area is 94.0 Å². The van der Waals surface area contributed by atoms with Crippen LogP contribution in [0.25, 0.3) is 0 Å². The van der Waals surface area contributed by atoms with E-state index in [2.05, 4.69) is 15.5 Å². The number of nitrogens with zero attached hydrogens (tertiary/aromatic N) is 2. The topological polar surface area (TPSA) is 88.3 Å². The lowest BCUT2D eigenvalue weighted by atomic mass is 9.96. The Balaban J connectivity index is 2.60. The third-order valence-electron chi connectivity index (χ3n) is 2.42. The van der Waals surface area contributed by atoms with Gasteiger partial charge in [-0.1, -0.05) is 18.5 Å². The van der Waals surface area contributed by atoms with E-state index in [-0.39, 0.29) is 6.54 Å². The fourth-order valence-electron chi connectivity index (χ4n) is 1.45. The quantitative estimate of drug-likeness (QED) is 0.756. The Kier molecular flexibility index (Phi) is 4.00. The highest BCUT2D eigenvalue weighted by Gasteiger charge is 2.31. The van der Waals surface area contributed by atoms with E-state index < -0.39 is 11.5 Å². The maximum Gasteiger partial charge on any atom is 0.323 e. The average molecular weight is 227 g/mol. The van der Waals surface area contributed by atoms with Gasteiger partial charge in [0.25, 0.3) is 0 Å². The van der Waals surface area contributed by atoms with Crippen molar-refractivity contribution in [3.05, 3.63) is 11.7 Å². The maximum atomic E-state index is 11.1. The van der Waals surface area contributed by atoms with Crippen LogP contribution in [0.4, 0.5) is 0 Å². The molecule has 1 aromatic rings. The molecule has 2 N–H and O–H groups in total. The van der Waals surface area contributed by atoms with Crippen molar-refractivity contribution < 1.29 is 14.4 Å². The summed E-state index contributed by atoms with van der Waals surface area (Å²) in [6, 6.07) is 0. The summed E-state index contributed by atoms with van der Waals surface area (Å²) >= 11 is 0. The first-order chi connectivity index (χ1) is 7.48. The van der Waals surface area contributed by atoms with Crippen LogP contribution in [-0.2, 0) is 11.3 Å². The van der Waals surface area contributed by atoms with Crippen LogP contribution in [0.5, 0.6) is 0 Å². The van der Waals surface area contributed by atoms with Crippen molar-refractivity contribution in [1.82, 2.24) is 15.5 Å². The molecule has 1 rings (SSSR count). The second-order valence-electron chi connectivity index (χ2n) is 3.98. The minimum absolute atomic E-state index is 0.268. The molecule has 16 heavy (non-hydrogen) atoms. The molecule has 0 radical (unpaired) electrons. The van der Waals surface area contributed by atoms with Gasteiger partial charge in [-0.3, -0.25) is 10.1 Å². The summed E-state index contributed by atoms with van der Waals surface area (Å²) in [5, 5.41) is 15.7. The molecule has 0 amide bonds. The van der Waals surface area contributed by atoms with Crippen molar-refractivity contribution in [1.29, 1.82) is 0 Å². The monoisotopic (exact) mass is 227 g/mol. The minimum atomic E-state index is -0.947. The Bertz CT molecular complexity index is 364. The summed E-state index contributed by atoms with van der Waals surface area (Å²) in [6.45, 7) is 5.58.